The van der Waals surface area contributed by atoms with E-state index < -0.39 is 21.3 Å². The molecule has 2 aromatic heterocycles. The number of aromatic amines is 1. The van der Waals surface area contributed by atoms with Crippen molar-refractivity contribution in [1.82, 2.24) is 14.3 Å². The molecular weight excluding hydrogens is 498 g/mol. The summed E-state index contributed by atoms with van der Waals surface area (Å²) in [6.45, 7) is 0.238. The molecule has 2 N–H and O–H groups in total. The maximum atomic E-state index is 12.6. The lowest BCUT2D eigenvalue weighted by Gasteiger charge is -2.17. The van der Waals surface area contributed by atoms with Crippen molar-refractivity contribution >= 4 is 26.9 Å². The number of fused-ring (bicyclic) bond motifs is 1. The van der Waals surface area contributed by atoms with Crippen LogP contribution in [0.25, 0.3) is 32.8 Å². The van der Waals surface area contributed by atoms with E-state index in [1.165, 1.54) is 16.8 Å². The SMILES string of the molecule is COc1c(-c2ccc3c(c2)CC=C3CNS(C)(=O)=O)cc(-n2ccc(=O)[nH]c2=O)cc1-c1cccs1. The maximum Gasteiger partial charge on any atom is 0.332 e. The Morgan fingerprint density at radius 3 is 2.58 bits per heavy atom. The molecule has 5 rings (SSSR count). The number of sulfonamides is 1. The molecule has 0 saturated carbocycles. The number of nitrogens with zero attached hydrogens (tertiary/aromatic N) is 1. The van der Waals surface area contributed by atoms with Gasteiger partial charge < -0.3 is 4.74 Å². The number of hydrogen-bond acceptors (Lipinski definition) is 6. The summed E-state index contributed by atoms with van der Waals surface area (Å²) in [5.74, 6) is 0.670. The quantitative estimate of drug-likeness (QED) is 0.387. The lowest BCUT2D eigenvalue weighted by molar-refractivity contribution is 0.418. The van der Waals surface area contributed by atoms with Crippen LogP contribution < -0.4 is 20.7 Å². The summed E-state index contributed by atoms with van der Waals surface area (Å²) in [5, 5.41) is 1.97. The Hall–Kier alpha value is -3.73. The highest BCUT2D eigenvalue weighted by atomic mass is 32.2. The molecule has 0 bridgehead atoms. The zero-order chi connectivity index (χ0) is 25.4. The minimum Gasteiger partial charge on any atom is -0.495 e. The van der Waals surface area contributed by atoms with E-state index in [0.717, 1.165) is 44.5 Å². The first-order chi connectivity index (χ1) is 17.2. The molecule has 0 radical (unpaired) electrons. The summed E-state index contributed by atoms with van der Waals surface area (Å²) in [4.78, 5) is 27.5. The third-order valence-corrected chi connectivity index (χ3v) is 7.59. The molecule has 4 aromatic rings. The molecule has 0 atom stereocenters. The molecule has 2 heterocycles. The average molecular weight is 522 g/mol. The predicted molar refractivity (Wildman–Crippen MR) is 142 cm³/mol. The van der Waals surface area contributed by atoms with Crippen LogP contribution in [0.1, 0.15) is 11.1 Å². The van der Waals surface area contributed by atoms with Crippen molar-refractivity contribution in [1.29, 1.82) is 0 Å². The molecule has 0 fully saturated rings. The first kappa shape index (κ1) is 24.0. The van der Waals surface area contributed by atoms with Crippen LogP contribution in [0.4, 0.5) is 0 Å². The summed E-state index contributed by atoms with van der Waals surface area (Å²) < 4.78 is 32.9. The van der Waals surface area contributed by atoms with Crippen LogP contribution in [0.15, 0.2) is 75.8 Å². The van der Waals surface area contributed by atoms with Crippen molar-refractivity contribution in [2.24, 2.45) is 0 Å². The van der Waals surface area contributed by atoms with E-state index in [2.05, 4.69) is 15.8 Å². The number of aromatic nitrogens is 2. The molecule has 0 saturated heterocycles. The molecular formula is C26H23N3O5S2. The Morgan fingerprint density at radius 2 is 1.89 bits per heavy atom. The number of hydrogen-bond donors (Lipinski definition) is 2. The molecule has 10 heteroatoms. The van der Waals surface area contributed by atoms with Gasteiger partial charge in [0.05, 0.1) is 19.1 Å². The van der Waals surface area contributed by atoms with Crippen molar-refractivity contribution in [3.63, 3.8) is 0 Å². The second kappa shape index (κ2) is 9.38. The third-order valence-electron chi connectivity index (χ3n) is 6.02. The van der Waals surface area contributed by atoms with Crippen LogP contribution in [-0.4, -0.2) is 37.9 Å². The highest BCUT2D eigenvalue weighted by Gasteiger charge is 2.20. The van der Waals surface area contributed by atoms with Crippen molar-refractivity contribution < 1.29 is 13.2 Å². The van der Waals surface area contributed by atoms with Gasteiger partial charge in [-0.3, -0.25) is 14.3 Å². The normalized spacial score (nSPS) is 12.9. The van der Waals surface area contributed by atoms with E-state index in [1.54, 1.807) is 18.4 Å². The summed E-state index contributed by atoms with van der Waals surface area (Å²) in [7, 11) is -1.68. The zero-order valence-electron chi connectivity index (χ0n) is 19.6. The lowest BCUT2D eigenvalue weighted by Crippen LogP contribution is -2.27. The predicted octanol–water partition coefficient (Wildman–Crippen LogP) is 3.42. The summed E-state index contributed by atoms with van der Waals surface area (Å²) in [6, 6.07) is 15.0. The fourth-order valence-electron chi connectivity index (χ4n) is 4.39. The Bertz CT molecular complexity index is 1720. The number of allylic oxidation sites excluding steroid dienone is 1. The molecule has 36 heavy (non-hydrogen) atoms. The summed E-state index contributed by atoms with van der Waals surface area (Å²) in [5.41, 5.74) is 5.12. The number of ether oxygens (including phenoxy) is 1. The van der Waals surface area contributed by atoms with E-state index in [1.807, 2.05) is 47.9 Å². The monoisotopic (exact) mass is 521 g/mol. The number of H-pyrrole nitrogens is 1. The largest absolute Gasteiger partial charge is 0.495 e. The smallest absolute Gasteiger partial charge is 0.332 e. The summed E-state index contributed by atoms with van der Waals surface area (Å²) in [6.07, 6.45) is 5.31. The van der Waals surface area contributed by atoms with Gasteiger partial charge in [0.25, 0.3) is 5.56 Å². The molecule has 1 aliphatic carbocycles. The number of rotatable bonds is 7. The van der Waals surface area contributed by atoms with Crippen LogP contribution in [0.5, 0.6) is 5.75 Å². The molecule has 1 aliphatic rings. The van der Waals surface area contributed by atoms with Gasteiger partial charge in [-0.25, -0.2) is 17.9 Å². The average Bonchev–Trinajstić information content (AvgIpc) is 3.51. The Morgan fingerprint density at radius 1 is 1.08 bits per heavy atom. The highest BCUT2D eigenvalue weighted by molar-refractivity contribution is 7.88. The van der Waals surface area contributed by atoms with Crippen LogP contribution >= 0.6 is 11.3 Å². The number of benzene rings is 2. The molecule has 8 nitrogen and oxygen atoms in total. The Labute approximate surface area is 211 Å². The van der Waals surface area contributed by atoms with Gasteiger partial charge >= 0.3 is 5.69 Å². The number of thiophene rings is 1. The number of nitrogens with one attached hydrogen (secondary N) is 2. The van der Waals surface area contributed by atoms with Crippen LogP contribution in [0.2, 0.25) is 0 Å². The van der Waals surface area contributed by atoms with Crippen molar-refractivity contribution in [3.05, 3.63) is 98.1 Å². The number of methoxy groups -OCH3 is 1. The lowest BCUT2D eigenvalue weighted by atomic mass is 9.95. The van der Waals surface area contributed by atoms with Crippen molar-refractivity contribution in [2.45, 2.75) is 6.42 Å². The first-order valence-corrected chi connectivity index (χ1v) is 13.9. The van der Waals surface area contributed by atoms with Crippen LogP contribution in [0, 0.1) is 0 Å². The fourth-order valence-corrected chi connectivity index (χ4v) is 5.54. The van der Waals surface area contributed by atoms with Gasteiger partial charge in [-0.05, 0) is 52.3 Å². The minimum absolute atomic E-state index is 0.238. The topological polar surface area (TPSA) is 110 Å². The van der Waals surface area contributed by atoms with Gasteiger partial charge in [0.1, 0.15) is 5.75 Å². The van der Waals surface area contributed by atoms with Gasteiger partial charge in [0.2, 0.25) is 10.0 Å². The maximum absolute atomic E-state index is 12.6. The van der Waals surface area contributed by atoms with Crippen LogP contribution in [-0.2, 0) is 16.4 Å². The summed E-state index contributed by atoms with van der Waals surface area (Å²) >= 11 is 1.56. The fraction of sp³-hybridized carbons (Fsp3) is 0.154. The van der Waals surface area contributed by atoms with Crippen LogP contribution in [0.3, 0.4) is 0 Å². The van der Waals surface area contributed by atoms with Gasteiger partial charge in [-0.1, -0.05) is 30.3 Å². The van der Waals surface area contributed by atoms with Crippen molar-refractivity contribution in [3.8, 4) is 33.0 Å². The molecule has 0 aliphatic heterocycles. The Kier molecular flexibility index (Phi) is 6.25. The second-order valence-corrected chi connectivity index (χ2v) is 11.2. The van der Waals surface area contributed by atoms with Crippen molar-refractivity contribution in [2.75, 3.05) is 19.9 Å². The van der Waals surface area contributed by atoms with E-state index in [4.69, 9.17) is 4.74 Å². The van der Waals surface area contributed by atoms with E-state index in [0.29, 0.717) is 17.9 Å². The molecule has 2 aromatic carbocycles. The van der Waals surface area contributed by atoms with Gasteiger partial charge in [0.15, 0.2) is 0 Å². The second-order valence-electron chi connectivity index (χ2n) is 8.43. The van der Waals surface area contributed by atoms with Gasteiger partial charge in [-0.15, -0.1) is 11.3 Å². The minimum atomic E-state index is -3.29. The van der Waals surface area contributed by atoms with E-state index >= 15 is 0 Å². The van der Waals surface area contributed by atoms with E-state index in [-0.39, 0.29) is 6.54 Å². The van der Waals surface area contributed by atoms with E-state index in [9.17, 15) is 18.0 Å². The highest BCUT2D eigenvalue weighted by Crippen LogP contribution is 2.43. The zero-order valence-corrected chi connectivity index (χ0v) is 21.2. The van der Waals surface area contributed by atoms with Gasteiger partial charge in [0, 0.05) is 34.8 Å². The molecule has 0 amide bonds. The molecule has 184 valence electrons. The third kappa shape index (κ3) is 4.70. The molecule has 0 spiro atoms. The first-order valence-electron chi connectivity index (χ1n) is 11.1. The Balaban J connectivity index is 1.65. The van der Waals surface area contributed by atoms with Gasteiger partial charge in [-0.2, -0.15) is 0 Å². The molecule has 0 unspecified atom stereocenters. The standard InChI is InChI=1S/C26H23N3O5S2/c1-34-25-21(17-7-8-20-16(12-17)5-6-18(20)15-27-36(2,32)33)13-19(14-22(25)23-4-3-11-35-23)29-10-9-24(30)28-26(29)31/h3-4,6-14,27H,5,15H2,1-2H3,(H,28,30,31).